The number of aryl methyl sites for hydroxylation is 1. The van der Waals surface area contributed by atoms with E-state index in [4.69, 9.17) is 10.00 Å². The Hall–Kier alpha value is -1.51. The molecular weight excluding hydrogens is 324 g/mol. The summed E-state index contributed by atoms with van der Waals surface area (Å²) in [6.07, 6.45) is 0. The fourth-order valence-corrected chi connectivity index (χ4v) is 3.11. The molecule has 1 heterocycles. The zero-order valence-electron chi connectivity index (χ0n) is 10.7. The van der Waals surface area contributed by atoms with Crippen LogP contribution in [0.4, 0.5) is 5.69 Å². The zero-order valence-corrected chi connectivity index (χ0v) is 13.1. The van der Waals surface area contributed by atoms with Gasteiger partial charge in [-0.05, 0) is 30.7 Å². The minimum atomic E-state index is 0.686. The number of benzene rings is 1. The zero-order chi connectivity index (χ0) is 13.8. The van der Waals surface area contributed by atoms with Crippen LogP contribution in [0.5, 0.6) is 5.75 Å². The highest BCUT2D eigenvalue weighted by Crippen LogP contribution is 2.32. The average molecular weight is 337 g/mol. The Kier molecular flexibility index (Phi) is 4.46. The summed E-state index contributed by atoms with van der Waals surface area (Å²) >= 11 is 5.04. The van der Waals surface area contributed by atoms with Gasteiger partial charge in [0.05, 0.1) is 18.4 Å². The quantitative estimate of drug-likeness (QED) is 0.904. The van der Waals surface area contributed by atoms with E-state index in [0.29, 0.717) is 12.1 Å². The van der Waals surface area contributed by atoms with Crippen LogP contribution in [-0.4, -0.2) is 7.11 Å². The van der Waals surface area contributed by atoms with Crippen molar-refractivity contribution in [3.63, 3.8) is 0 Å². The van der Waals surface area contributed by atoms with Gasteiger partial charge in [0.15, 0.2) is 0 Å². The molecule has 1 N–H and O–H groups in total. The second-order valence-corrected chi connectivity index (χ2v) is 5.98. The molecule has 0 fully saturated rings. The Labute approximate surface area is 125 Å². The van der Waals surface area contributed by atoms with Crippen molar-refractivity contribution < 1.29 is 4.74 Å². The van der Waals surface area contributed by atoms with Crippen LogP contribution < -0.4 is 10.1 Å². The summed E-state index contributed by atoms with van der Waals surface area (Å²) in [6.45, 7) is 2.72. The van der Waals surface area contributed by atoms with E-state index in [1.165, 1.54) is 0 Å². The van der Waals surface area contributed by atoms with Crippen LogP contribution in [0, 0.1) is 18.3 Å². The van der Waals surface area contributed by atoms with Crippen LogP contribution in [0.2, 0.25) is 0 Å². The molecule has 2 rings (SSSR count). The Bertz CT molecular complexity index is 631. The SMILES string of the molecule is COc1cc(Br)cc(C)c1NCc1cc(C#N)cs1. The van der Waals surface area contributed by atoms with Crippen LogP contribution in [-0.2, 0) is 6.54 Å². The third kappa shape index (κ3) is 3.28. The standard InChI is InChI=1S/C14H13BrN2OS/c1-9-3-11(15)5-13(18-2)14(9)17-7-12-4-10(6-16)8-19-12/h3-5,8,17H,7H2,1-2H3. The van der Waals surface area contributed by atoms with Crippen molar-refractivity contribution in [3.05, 3.63) is 44.1 Å². The number of halogens is 1. The van der Waals surface area contributed by atoms with Crippen LogP contribution in [0.1, 0.15) is 16.0 Å². The number of nitrogens with zero attached hydrogens (tertiary/aromatic N) is 1. The minimum Gasteiger partial charge on any atom is -0.495 e. The molecule has 19 heavy (non-hydrogen) atoms. The fraction of sp³-hybridized carbons (Fsp3) is 0.214. The molecular formula is C14H13BrN2OS. The summed E-state index contributed by atoms with van der Waals surface area (Å²) in [6, 6.07) is 8.02. The highest BCUT2D eigenvalue weighted by Gasteiger charge is 2.08. The summed E-state index contributed by atoms with van der Waals surface area (Å²) in [5, 5.41) is 14.0. The molecule has 0 aliphatic carbocycles. The maximum Gasteiger partial charge on any atom is 0.143 e. The average Bonchev–Trinajstić information content (AvgIpc) is 2.84. The van der Waals surface area contributed by atoms with Crippen molar-refractivity contribution in [2.45, 2.75) is 13.5 Å². The van der Waals surface area contributed by atoms with Gasteiger partial charge in [-0.3, -0.25) is 0 Å². The van der Waals surface area contributed by atoms with Gasteiger partial charge in [-0.15, -0.1) is 11.3 Å². The van der Waals surface area contributed by atoms with E-state index in [1.807, 2.05) is 30.5 Å². The topological polar surface area (TPSA) is 45.0 Å². The third-order valence-electron chi connectivity index (χ3n) is 2.71. The summed E-state index contributed by atoms with van der Waals surface area (Å²) in [5.74, 6) is 0.809. The minimum absolute atomic E-state index is 0.686. The van der Waals surface area contributed by atoms with Gasteiger partial charge in [-0.1, -0.05) is 15.9 Å². The van der Waals surface area contributed by atoms with Gasteiger partial charge in [0.1, 0.15) is 11.8 Å². The molecule has 1 aromatic carbocycles. The van der Waals surface area contributed by atoms with E-state index in [-0.39, 0.29) is 0 Å². The van der Waals surface area contributed by atoms with Gasteiger partial charge in [0, 0.05) is 21.3 Å². The molecule has 0 radical (unpaired) electrons. The van der Waals surface area contributed by atoms with Gasteiger partial charge in [0.2, 0.25) is 0 Å². The van der Waals surface area contributed by atoms with Crippen LogP contribution in [0.15, 0.2) is 28.1 Å². The highest BCUT2D eigenvalue weighted by molar-refractivity contribution is 9.10. The molecule has 98 valence electrons. The van der Waals surface area contributed by atoms with Crippen molar-refractivity contribution in [3.8, 4) is 11.8 Å². The lowest BCUT2D eigenvalue weighted by Gasteiger charge is -2.14. The predicted molar refractivity (Wildman–Crippen MR) is 81.8 cm³/mol. The van der Waals surface area contributed by atoms with Crippen molar-refractivity contribution in [1.29, 1.82) is 5.26 Å². The number of methoxy groups -OCH3 is 1. The smallest absolute Gasteiger partial charge is 0.143 e. The molecule has 2 aromatic rings. The molecule has 0 spiro atoms. The molecule has 0 bridgehead atoms. The Morgan fingerprint density at radius 2 is 2.21 bits per heavy atom. The van der Waals surface area contributed by atoms with Crippen LogP contribution >= 0.6 is 27.3 Å². The Morgan fingerprint density at radius 3 is 2.84 bits per heavy atom. The molecule has 0 aliphatic rings. The number of ether oxygens (including phenoxy) is 1. The number of nitrogens with one attached hydrogen (secondary N) is 1. The Morgan fingerprint density at radius 1 is 1.42 bits per heavy atom. The monoisotopic (exact) mass is 336 g/mol. The predicted octanol–water partition coefficient (Wildman–Crippen LogP) is 4.31. The van der Waals surface area contributed by atoms with Gasteiger partial charge in [0.25, 0.3) is 0 Å². The normalized spacial score (nSPS) is 10.0. The van der Waals surface area contributed by atoms with Crippen molar-refractivity contribution in [2.24, 2.45) is 0 Å². The van der Waals surface area contributed by atoms with E-state index >= 15 is 0 Å². The van der Waals surface area contributed by atoms with E-state index < -0.39 is 0 Å². The van der Waals surface area contributed by atoms with Crippen LogP contribution in [0.25, 0.3) is 0 Å². The van der Waals surface area contributed by atoms with E-state index in [9.17, 15) is 0 Å². The van der Waals surface area contributed by atoms with Gasteiger partial charge in [-0.2, -0.15) is 5.26 Å². The molecule has 0 aliphatic heterocycles. The molecule has 5 heteroatoms. The number of thiophene rings is 1. The van der Waals surface area contributed by atoms with Crippen molar-refractivity contribution in [2.75, 3.05) is 12.4 Å². The molecule has 0 unspecified atom stereocenters. The first kappa shape index (κ1) is 13.9. The summed E-state index contributed by atoms with van der Waals surface area (Å²) in [5.41, 5.74) is 2.81. The maximum atomic E-state index is 8.80. The lowest BCUT2D eigenvalue weighted by Crippen LogP contribution is -2.02. The van der Waals surface area contributed by atoms with Crippen molar-refractivity contribution >= 4 is 33.0 Å². The van der Waals surface area contributed by atoms with Crippen molar-refractivity contribution in [1.82, 2.24) is 0 Å². The molecule has 1 aromatic heterocycles. The molecule has 0 saturated heterocycles. The van der Waals surface area contributed by atoms with Gasteiger partial charge >= 0.3 is 0 Å². The third-order valence-corrected chi connectivity index (χ3v) is 4.10. The second-order valence-electron chi connectivity index (χ2n) is 4.07. The lowest BCUT2D eigenvalue weighted by molar-refractivity contribution is 0.416. The van der Waals surface area contributed by atoms with Gasteiger partial charge in [-0.25, -0.2) is 0 Å². The second kappa shape index (κ2) is 6.09. The summed E-state index contributed by atoms with van der Waals surface area (Å²) in [7, 11) is 1.66. The van der Waals surface area contributed by atoms with E-state index in [0.717, 1.165) is 26.4 Å². The molecule has 0 amide bonds. The first-order chi connectivity index (χ1) is 9.13. The fourth-order valence-electron chi connectivity index (χ4n) is 1.81. The molecule has 0 atom stereocenters. The number of hydrogen-bond acceptors (Lipinski definition) is 4. The number of anilines is 1. The number of hydrogen-bond donors (Lipinski definition) is 1. The first-order valence-corrected chi connectivity index (χ1v) is 7.37. The summed E-state index contributed by atoms with van der Waals surface area (Å²) < 4.78 is 6.38. The largest absolute Gasteiger partial charge is 0.495 e. The number of rotatable bonds is 4. The first-order valence-electron chi connectivity index (χ1n) is 5.69. The molecule has 0 saturated carbocycles. The summed E-state index contributed by atoms with van der Waals surface area (Å²) in [4.78, 5) is 1.13. The highest BCUT2D eigenvalue weighted by atomic mass is 79.9. The lowest BCUT2D eigenvalue weighted by atomic mass is 10.2. The Balaban J connectivity index is 2.17. The van der Waals surface area contributed by atoms with E-state index in [1.54, 1.807) is 18.4 Å². The van der Waals surface area contributed by atoms with Gasteiger partial charge < -0.3 is 10.1 Å². The van der Waals surface area contributed by atoms with Crippen LogP contribution in [0.3, 0.4) is 0 Å². The maximum absolute atomic E-state index is 8.80. The molecule has 3 nitrogen and oxygen atoms in total. The number of nitriles is 1. The van der Waals surface area contributed by atoms with E-state index in [2.05, 4.69) is 27.3 Å².